The molecule has 0 amide bonds. The third-order valence-corrected chi connectivity index (χ3v) is 7.49. The molecule has 3 aliphatic rings. The van der Waals surface area contributed by atoms with Crippen molar-refractivity contribution in [3.63, 3.8) is 0 Å². The van der Waals surface area contributed by atoms with Gasteiger partial charge in [0, 0.05) is 49.6 Å². The van der Waals surface area contributed by atoms with Gasteiger partial charge in [0.1, 0.15) is 0 Å². The number of anilines is 2. The number of nitrogens with one attached hydrogen (secondary N) is 1. The van der Waals surface area contributed by atoms with Crippen LogP contribution in [0.1, 0.15) is 6.42 Å². The highest BCUT2D eigenvalue weighted by atomic mass is 35.5. The summed E-state index contributed by atoms with van der Waals surface area (Å²) < 4.78 is 2.24. The van der Waals surface area contributed by atoms with E-state index in [2.05, 4.69) is 49.9 Å². The molecule has 1 fully saturated rings. The van der Waals surface area contributed by atoms with Gasteiger partial charge in [-0.1, -0.05) is 23.7 Å². The normalized spacial score (nSPS) is 15.3. The van der Waals surface area contributed by atoms with Gasteiger partial charge >= 0.3 is 0 Å². The fourth-order valence-corrected chi connectivity index (χ4v) is 5.22. The average molecular weight is 538 g/mol. The Morgan fingerprint density at radius 3 is 2.56 bits per heavy atom. The number of rotatable bonds is 7. The Hall–Kier alpha value is -3.78. The molecule has 3 aromatic rings. The summed E-state index contributed by atoms with van der Waals surface area (Å²) in [6.07, 6.45) is 4.61. The predicted octanol–water partition coefficient (Wildman–Crippen LogP) is 5.46. The summed E-state index contributed by atoms with van der Waals surface area (Å²) in [7, 11) is 2.19. The van der Waals surface area contributed by atoms with Crippen molar-refractivity contribution in [3.05, 3.63) is 95.6 Å². The lowest BCUT2D eigenvalue weighted by atomic mass is 10.1. The van der Waals surface area contributed by atoms with Gasteiger partial charge in [0.25, 0.3) is 0 Å². The van der Waals surface area contributed by atoms with Crippen molar-refractivity contribution in [1.29, 1.82) is 0 Å². The van der Waals surface area contributed by atoms with Crippen LogP contribution in [0.3, 0.4) is 0 Å². The summed E-state index contributed by atoms with van der Waals surface area (Å²) in [5, 5.41) is 5.15. The highest BCUT2D eigenvalue weighted by Crippen LogP contribution is 2.30. The van der Waals surface area contributed by atoms with E-state index in [9.17, 15) is 0 Å². The Morgan fingerprint density at radius 2 is 1.77 bits per heavy atom. The zero-order valence-electron chi connectivity index (χ0n) is 22.1. The lowest BCUT2D eigenvalue weighted by Crippen LogP contribution is -2.44. The first-order chi connectivity index (χ1) is 19.1. The summed E-state index contributed by atoms with van der Waals surface area (Å²) in [5.41, 5.74) is 6.68. The molecule has 0 atom stereocenters. The number of piperazine rings is 1. The van der Waals surface area contributed by atoms with Gasteiger partial charge in [-0.05, 0) is 80.7 Å². The highest BCUT2D eigenvalue weighted by Gasteiger charge is 2.17. The fraction of sp³-hybridized carbons (Fsp3) is 0.258. The monoisotopic (exact) mass is 537 g/mol. The molecule has 1 N–H and O–H groups in total. The van der Waals surface area contributed by atoms with Gasteiger partial charge in [-0.15, -0.1) is 0 Å². The number of pyridine rings is 1. The van der Waals surface area contributed by atoms with Crippen molar-refractivity contribution in [2.75, 3.05) is 51.6 Å². The van der Waals surface area contributed by atoms with Gasteiger partial charge in [-0.25, -0.2) is 4.98 Å². The van der Waals surface area contributed by atoms with Gasteiger partial charge in [0.05, 0.1) is 45.4 Å². The molecule has 0 spiro atoms. The number of nitrogens with zero attached hydrogens (tertiary/aromatic N) is 6. The summed E-state index contributed by atoms with van der Waals surface area (Å²) in [6, 6.07) is 24.3. The van der Waals surface area contributed by atoms with Crippen LogP contribution in [0.15, 0.2) is 90.2 Å². The standard InChI is InChI=1S/C31H32ClN7/c1-37-16-18-38(19-17-37)15-5-14-34-27-21-31-29(20-28(27)35-24-6-4-13-33-22-24)36-26-7-2-3-8-30(26)39(31)25-11-9-23(32)10-12-25/h2-4,6-13,20-22,35H,5,14-19H2,1H3. The van der Waals surface area contributed by atoms with E-state index < -0.39 is 0 Å². The van der Waals surface area contributed by atoms with Crippen molar-refractivity contribution in [1.82, 2.24) is 24.3 Å². The lowest BCUT2D eigenvalue weighted by molar-refractivity contribution is 0.153. The Labute approximate surface area is 233 Å². The van der Waals surface area contributed by atoms with Crippen molar-refractivity contribution < 1.29 is 0 Å². The maximum atomic E-state index is 6.24. The van der Waals surface area contributed by atoms with Crippen LogP contribution < -0.4 is 10.7 Å². The zero-order valence-corrected chi connectivity index (χ0v) is 22.8. The number of halogens is 1. The molecular formula is C31H32ClN7. The smallest absolute Gasteiger partial charge is 0.0900 e. The van der Waals surface area contributed by atoms with Gasteiger partial charge in [0.15, 0.2) is 0 Å². The van der Waals surface area contributed by atoms with Crippen molar-refractivity contribution in [3.8, 4) is 17.1 Å². The van der Waals surface area contributed by atoms with Crippen molar-refractivity contribution >= 4 is 34.0 Å². The largest absolute Gasteiger partial charge is 0.352 e. The van der Waals surface area contributed by atoms with Gasteiger partial charge in [-0.2, -0.15) is 0 Å². The molecule has 0 unspecified atom stereocenters. The van der Waals surface area contributed by atoms with Gasteiger partial charge < -0.3 is 19.7 Å². The Balaban J connectivity index is 1.43. The summed E-state index contributed by atoms with van der Waals surface area (Å²) in [6.45, 7) is 6.33. The zero-order chi connectivity index (χ0) is 26.6. The molecule has 2 aliphatic heterocycles. The van der Waals surface area contributed by atoms with Crippen molar-refractivity contribution in [2.45, 2.75) is 6.42 Å². The fourth-order valence-electron chi connectivity index (χ4n) is 5.10. The van der Waals surface area contributed by atoms with Crippen LogP contribution in [-0.4, -0.2) is 70.7 Å². The first-order valence-electron chi connectivity index (χ1n) is 13.4. The molecule has 198 valence electrons. The van der Waals surface area contributed by atoms with E-state index in [1.807, 2.05) is 60.8 Å². The minimum Gasteiger partial charge on any atom is -0.352 e. The molecule has 2 aromatic carbocycles. The minimum absolute atomic E-state index is 0.709. The maximum Gasteiger partial charge on any atom is 0.0900 e. The van der Waals surface area contributed by atoms with Crippen LogP contribution in [0.2, 0.25) is 5.02 Å². The molecule has 1 aliphatic carbocycles. The quantitative estimate of drug-likeness (QED) is 0.221. The van der Waals surface area contributed by atoms with E-state index in [0.717, 1.165) is 90.5 Å². The Kier molecular flexibility index (Phi) is 7.54. The van der Waals surface area contributed by atoms with E-state index in [-0.39, 0.29) is 0 Å². The van der Waals surface area contributed by atoms with Crippen LogP contribution >= 0.6 is 11.6 Å². The molecule has 0 saturated carbocycles. The topological polar surface area (TPSA) is 61.6 Å². The van der Waals surface area contributed by atoms with Crippen LogP contribution in [-0.2, 0) is 0 Å². The molecule has 8 heteroatoms. The first kappa shape index (κ1) is 25.5. The highest BCUT2D eigenvalue weighted by molar-refractivity contribution is 6.30. The second kappa shape index (κ2) is 11.5. The Bertz CT molecular complexity index is 1590. The van der Waals surface area contributed by atoms with Gasteiger partial charge in [-0.3, -0.25) is 9.98 Å². The van der Waals surface area contributed by atoms with Crippen LogP contribution in [0.25, 0.3) is 28.1 Å². The first-order valence-corrected chi connectivity index (χ1v) is 13.8. The third kappa shape index (κ3) is 5.81. The van der Waals surface area contributed by atoms with Crippen LogP contribution in [0, 0.1) is 0 Å². The van der Waals surface area contributed by atoms with Gasteiger partial charge in [0.2, 0.25) is 0 Å². The molecule has 7 nitrogen and oxygen atoms in total. The molecular weight excluding hydrogens is 506 g/mol. The lowest BCUT2D eigenvalue weighted by Gasteiger charge is -2.32. The number of para-hydroxylation sites is 2. The molecule has 6 rings (SSSR count). The summed E-state index contributed by atoms with van der Waals surface area (Å²) >= 11 is 6.24. The predicted molar refractivity (Wildman–Crippen MR) is 159 cm³/mol. The molecule has 3 heterocycles. The third-order valence-electron chi connectivity index (χ3n) is 7.23. The van der Waals surface area contributed by atoms with E-state index in [0.29, 0.717) is 5.02 Å². The van der Waals surface area contributed by atoms with Crippen LogP contribution in [0.4, 0.5) is 11.4 Å². The minimum atomic E-state index is 0.709. The maximum absolute atomic E-state index is 6.24. The Morgan fingerprint density at radius 1 is 0.949 bits per heavy atom. The molecule has 0 radical (unpaired) electrons. The number of aromatic nitrogens is 3. The SMILES string of the molecule is CN1CCN(CCCN=c2cc3n(-c4ccc(Cl)cc4)c4ccccc4nc-3cc2Nc2cccnc2)CC1. The summed E-state index contributed by atoms with van der Waals surface area (Å²) in [5.74, 6) is 0. The molecule has 1 saturated heterocycles. The second-order valence-corrected chi connectivity index (χ2v) is 10.5. The van der Waals surface area contributed by atoms with E-state index in [4.69, 9.17) is 21.6 Å². The van der Waals surface area contributed by atoms with Crippen molar-refractivity contribution in [2.24, 2.45) is 4.99 Å². The molecule has 0 bridgehead atoms. The molecule has 39 heavy (non-hydrogen) atoms. The van der Waals surface area contributed by atoms with Crippen LogP contribution in [0.5, 0.6) is 0 Å². The number of likely N-dealkylation sites (N-methyl/N-ethyl adjacent to an activating group) is 1. The number of fused-ring (bicyclic) bond motifs is 2. The molecule has 1 aromatic heterocycles. The second-order valence-electron chi connectivity index (χ2n) is 10.0. The number of benzene rings is 3. The average Bonchev–Trinajstić information content (AvgIpc) is 2.96. The van der Waals surface area contributed by atoms with E-state index in [1.54, 1.807) is 6.20 Å². The summed E-state index contributed by atoms with van der Waals surface area (Å²) in [4.78, 5) is 19.3. The van der Waals surface area contributed by atoms with E-state index >= 15 is 0 Å². The van der Waals surface area contributed by atoms with E-state index in [1.165, 1.54) is 0 Å². The number of hydrogen-bond acceptors (Lipinski definition) is 6. The number of hydrogen-bond donors (Lipinski definition) is 1.